The first-order valence-electron chi connectivity index (χ1n) is 14.8. The minimum atomic E-state index is -1.25. The Hall–Kier alpha value is -4.39. The summed E-state index contributed by atoms with van der Waals surface area (Å²) in [5.74, 6) is 0.938. The van der Waals surface area contributed by atoms with E-state index in [1.807, 2.05) is 54.9 Å². The van der Waals surface area contributed by atoms with E-state index in [-0.39, 0.29) is 5.92 Å². The van der Waals surface area contributed by atoms with Crippen molar-refractivity contribution in [3.8, 4) is 28.1 Å². The number of tetrazole rings is 1. The molecule has 6 rings (SSSR count). The average molecular weight is 643 g/mol. The highest BCUT2D eigenvalue weighted by molar-refractivity contribution is 6.76. The molecule has 0 saturated carbocycles. The zero-order valence-electron chi connectivity index (χ0n) is 25.7. The number of fused-ring (bicyclic) bond motifs is 1. The molecular formula is C32H35ClN8O3Si. The Morgan fingerprint density at radius 3 is 2.62 bits per heavy atom. The minimum Gasteiger partial charge on any atom is -0.453 e. The smallest absolute Gasteiger partial charge is 0.411 e. The summed E-state index contributed by atoms with van der Waals surface area (Å²) in [4.78, 5) is 21.6. The maximum Gasteiger partial charge on any atom is 0.411 e. The summed E-state index contributed by atoms with van der Waals surface area (Å²) in [7, 11) is 0.0907. The van der Waals surface area contributed by atoms with E-state index in [2.05, 4.69) is 51.1 Å². The molecule has 3 aromatic heterocycles. The van der Waals surface area contributed by atoms with Crippen LogP contribution in [0.1, 0.15) is 29.4 Å². The summed E-state index contributed by atoms with van der Waals surface area (Å²) < 4.78 is 14.8. The van der Waals surface area contributed by atoms with Crippen molar-refractivity contribution in [2.24, 2.45) is 0 Å². The quantitative estimate of drug-likeness (QED) is 0.130. The number of imidazole rings is 1. The summed E-state index contributed by atoms with van der Waals surface area (Å²) in [6.45, 7) is 8.12. The van der Waals surface area contributed by atoms with E-state index in [1.165, 1.54) is 12.7 Å². The highest BCUT2D eigenvalue weighted by Gasteiger charge is 2.31. The number of nitrogens with zero attached hydrogens (tertiary/aromatic N) is 7. The maximum absolute atomic E-state index is 11.7. The number of hydrogen-bond donors (Lipinski definition) is 1. The van der Waals surface area contributed by atoms with Crippen LogP contribution in [0.2, 0.25) is 30.7 Å². The van der Waals surface area contributed by atoms with Gasteiger partial charge in [0.2, 0.25) is 0 Å². The fourth-order valence-electron chi connectivity index (χ4n) is 5.54. The standard InChI is InChI=1S/C32H35ClN8O3Si/c1-43-32(42)37-25-9-5-21(6-10-25)29-18-35-31(40(29)20-44-13-14-45(2,3)4)26-11-7-22-15-23(17-34-30(22)26)27-16-24(33)8-12-28(27)41-19-36-38-39-41/h5-6,8-10,12,15-19,26H,7,11,13-14,20H2,1-4H3,(H,37,42). The van der Waals surface area contributed by atoms with Crippen LogP contribution in [-0.4, -0.2) is 62.6 Å². The molecule has 5 aromatic rings. The van der Waals surface area contributed by atoms with Gasteiger partial charge in [-0.2, -0.15) is 4.68 Å². The number of amides is 1. The lowest BCUT2D eigenvalue weighted by molar-refractivity contribution is 0.0857. The van der Waals surface area contributed by atoms with Gasteiger partial charge in [0.15, 0.2) is 0 Å². The average Bonchev–Trinajstić information content (AvgIpc) is 3.79. The van der Waals surface area contributed by atoms with E-state index in [0.717, 1.165) is 58.5 Å². The van der Waals surface area contributed by atoms with Crippen molar-refractivity contribution in [2.45, 2.75) is 51.2 Å². The number of ether oxygens (including phenoxy) is 2. The number of carbonyl (C=O) groups excluding carboxylic acids is 1. The normalized spacial score (nSPS) is 14.4. The number of anilines is 1. The number of halogens is 1. The molecule has 232 valence electrons. The third kappa shape index (κ3) is 6.82. The fourth-order valence-corrected chi connectivity index (χ4v) is 6.47. The molecule has 1 unspecified atom stereocenters. The van der Waals surface area contributed by atoms with Crippen molar-refractivity contribution in [3.05, 3.63) is 89.4 Å². The predicted molar refractivity (Wildman–Crippen MR) is 175 cm³/mol. The molecular weight excluding hydrogens is 608 g/mol. The van der Waals surface area contributed by atoms with Crippen molar-refractivity contribution in [1.82, 2.24) is 34.7 Å². The monoisotopic (exact) mass is 642 g/mol. The van der Waals surface area contributed by atoms with E-state index in [1.54, 1.807) is 11.0 Å². The molecule has 1 atom stereocenters. The first-order chi connectivity index (χ1) is 21.7. The number of nitrogens with one attached hydrogen (secondary N) is 1. The summed E-state index contributed by atoms with van der Waals surface area (Å²) in [5.41, 5.74) is 7.42. The van der Waals surface area contributed by atoms with Gasteiger partial charge < -0.3 is 14.0 Å². The molecule has 0 fully saturated rings. The topological polar surface area (TPSA) is 122 Å². The number of aromatic nitrogens is 7. The van der Waals surface area contributed by atoms with E-state index >= 15 is 0 Å². The largest absolute Gasteiger partial charge is 0.453 e. The van der Waals surface area contributed by atoms with E-state index < -0.39 is 14.2 Å². The lowest BCUT2D eigenvalue weighted by Crippen LogP contribution is -2.22. The van der Waals surface area contributed by atoms with Crippen LogP contribution in [-0.2, 0) is 22.6 Å². The van der Waals surface area contributed by atoms with E-state index in [9.17, 15) is 4.79 Å². The van der Waals surface area contributed by atoms with Crippen molar-refractivity contribution in [2.75, 3.05) is 19.0 Å². The molecule has 0 bridgehead atoms. The van der Waals surface area contributed by atoms with Crippen LogP contribution in [0, 0.1) is 0 Å². The lowest BCUT2D eigenvalue weighted by atomic mass is 10.0. The van der Waals surface area contributed by atoms with Crippen molar-refractivity contribution in [3.63, 3.8) is 0 Å². The summed E-state index contributed by atoms with van der Waals surface area (Å²) in [5, 5.41) is 15.0. The Morgan fingerprint density at radius 2 is 1.89 bits per heavy atom. The second-order valence-electron chi connectivity index (χ2n) is 12.2. The third-order valence-corrected chi connectivity index (χ3v) is 9.87. The molecule has 11 nitrogen and oxygen atoms in total. The third-order valence-electron chi connectivity index (χ3n) is 7.93. The van der Waals surface area contributed by atoms with Gasteiger partial charge >= 0.3 is 6.09 Å². The van der Waals surface area contributed by atoms with Gasteiger partial charge in [0.25, 0.3) is 0 Å². The van der Waals surface area contributed by atoms with Gasteiger partial charge in [0, 0.05) is 42.7 Å². The van der Waals surface area contributed by atoms with Crippen LogP contribution in [0.25, 0.3) is 28.1 Å². The van der Waals surface area contributed by atoms with Gasteiger partial charge in [0.1, 0.15) is 18.9 Å². The van der Waals surface area contributed by atoms with E-state index in [4.69, 9.17) is 31.0 Å². The number of hydrogen-bond acceptors (Lipinski definition) is 8. The second-order valence-corrected chi connectivity index (χ2v) is 18.3. The van der Waals surface area contributed by atoms with Gasteiger partial charge in [-0.05, 0) is 76.8 Å². The number of pyridine rings is 1. The first-order valence-corrected chi connectivity index (χ1v) is 18.9. The van der Waals surface area contributed by atoms with Crippen molar-refractivity contribution < 1.29 is 14.3 Å². The zero-order chi connectivity index (χ0) is 31.6. The first kappa shape index (κ1) is 30.6. The van der Waals surface area contributed by atoms with Crippen LogP contribution in [0.4, 0.5) is 10.5 Å². The summed E-state index contributed by atoms with van der Waals surface area (Å²) >= 11 is 6.41. The molecule has 3 heterocycles. The second kappa shape index (κ2) is 12.9. The van der Waals surface area contributed by atoms with Gasteiger partial charge in [-0.15, -0.1) is 5.10 Å². The summed E-state index contributed by atoms with van der Waals surface area (Å²) in [6.07, 6.45) is 6.60. The zero-order valence-corrected chi connectivity index (χ0v) is 27.5. The van der Waals surface area contributed by atoms with Gasteiger partial charge in [-0.1, -0.05) is 43.4 Å². The molecule has 1 N–H and O–H groups in total. The number of methoxy groups -OCH3 is 1. The maximum atomic E-state index is 11.7. The molecule has 0 aliphatic heterocycles. The molecule has 0 radical (unpaired) electrons. The fraction of sp³-hybridized carbons (Fsp3) is 0.312. The molecule has 45 heavy (non-hydrogen) atoms. The van der Waals surface area contributed by atoms with Crippen LogP contribution >= 0.6 is 11.6 Å². The Morgan fingerprint density at radius 1 is 1.07 bits per heavy atom. The minimum absolute atomic E-state index is 0.0157. The highest BCUT2D eigenvalue weighted by Crippen LogP contribution is 2.40. The van der Waals surface area contributed by atoms with Crippen LogP contribution < -0.4 is 5.32 Å². The molecule has 13 heteroatoms. The number of benzene rings is 2. The SMILES string of the molecule is COC(=O)Nc1ccc(-c2cnc(C3CCc4cc(-c5cc(Cl)ccc5-n5cnnn5)cnc43)n2COCC[Si](C)(C)C)cc1. The van der Waals surface area contributed by atoms with Gasteiger partial charge in [-0.25, -0.2) is 9.78 Å². The molecule has 2 aromatic carbocycles. The van der Waals surface area contributed by atoms with Crippen LogP contribution in [0.15, 0.2) is 67.3 Å². The van der Waals surface area contributed by atoms with Gasteiger partial charge in [0.05, 0.1) is 36.3 Å². The van der Waals surface area contributed by atoms with E-state index in [0.29, 0.717) is 24.0 Å². The Kier molecular flexibility index (Phi) is 8.79. The van der Waals surface area contributed by atoms with Crippen LogP contribution in [0.3, 0.4) is 0 Å². The molecule has 1 amide bonds. The van der Waals surface area contributed by atoms with Gasteiger partial charge in [-0.3, -0.25) is 10.3 Å². The molecule has 1 aliphatic carbocycles. The predicted octanol–water partition coefficient (Wildman–Crippen LogP) is 6.81. The van der Waals surface area contributed by atoms with Crippen LogP contribution in [0.5, 0.6) is 0 Å². The number of rotatable bonds is 10. The summed E-state index contributed by atoms with van der Waals surface area (Å²) in [6, 6.07) is 16.5. The Bertz CT molecular complexity index is 1800. The number of carbonyl (C=O) groups is 1. The van der Waals surface area contributed by atoms with Crippen molar-refractivity contribution >= 4 is 31.5 Å². The van der Waals surface area contributed by atoms with Crippen molar-refractivity contribution in [1.29, 1.82) is 0 Å². The number of aryl methyl sites for hydroxylation is 1. The molecule has 0 saturated heterocycles. The Labute approximate surface area is 267 Å². The highest BCUT2D eigenvalue weighted by atomic mass is 35.5. The Balaban J connectivity index is 1.32. The molecule has 1 aliphatic rings. The molecule has 0 spiro atoms. The lowest BCUT2D eigenvalue weighted by Gasteiger charge is -2.19.